The van der Waals surface area contributed by atoms with Gasteiger partial charge in [-0.25, -0.2) is 0 Å². The quantitative estimate of drug-likeness (QED) is 0.862. The van der Waals surface area contributed by atoms with E-state index in [0.29, 0.717) is 33.8 Å². The summed E-state index contributed by atoms with van der Waals surface area (Å²) in [7, 11) is 0. The summed E-state index contributed by atoms with van der Waals surface area (Å²) in [4.78, 5) is 11.4. The van der Waals surface area contributed by atoms with E-state index in [4.69, 9.17) is 23.2 Å². The van der Waals surface area contributed by atoms with Crippen molar-refractivity contribution in [3.05, 3.63) is 40.4 Å². The highest BCUT2D eigenvalue weighted by molar-refractivity contribution is 6.39. The van der Waals surface area contributed by atoms with Crippen LogP contribution in [0.2, 0.25) is 10.0 Å². The van der Waals surface area contributed by atoms with Gasteiger partial charge in [0.15, 0.2) is 11.6 Å². The molecular formula is C14H14Cl2N4O. The SMILES string of the molecule is CCCC(=O)Nc1ccc(Nc2c(Cl)cccc2Cl)nn1. The Morgan fingerprint density at radius 1 is 1.10 bits per heavy atom. The summed E-state index contributed by atoms with van der Waals surface area (Å²) in [5.41, 5.74) is 0.568. The molecular weight excluding hydrogens is 311 g/mol. The van der Waals surface area contributed by atoms with Gasteiger partial charge in [-0.15, -0.1) is 10.2 Å². The van der Waals surface area contributed by atoms with Gasteiger partial charge in [0.25, 0.3) is 0 Å². The molecule has 110 valence electrons. The molecule has 1 aromatic heterocycles. The molecule has 1 aromatic carbocycles. The van der Waals surface area contributed by atoms with Crippen LogP contribution in [0.4, 0.5) is 17.3 Å². The van der Waals surface area contributed by atoms with Crippen molar-refractivity contribution in [3.8, 4) is 0 Å². The highest BCUT2D eigenvalue weighted by Crippen LogP contribution is 2.31. The van der Waals surface area contributed by atoms with Crippen molar-refractivity contribution < 1.29 is 4.79 Å². The lowest BCUT2D eigenvalue weighted by Crippen LogP contribution is -2.12. The second kappa shape index (κ2) is 7.24. The van der Waals surface area contributed by atoms with E-state index in [9.17, 15) is 4.79 Å². The van der Waals surface area contributed by atoms with Crippen molar-refractivity contribution in [1.29, 1.82) is 0 Å². The number of hydrogen-bond acceptors (Lipinski definition) is 4. The number of para-hydroxylation sites is 1. The molecule has 1 heterocycles. The van der Waals surface area contributed by atoms with Crippen molar-refractivity contribution in [2.75, 3.05) is 10.6 Å². The number of rotatable bonds is 5. The smallest absolute Gasteiger partial charge is 0.225 e. The predicted molar refractivity (Wildman–Crippen MR) is 85.3 cm³/mol. The normalized spacial score (nSPS) is 10.2. The maximum absolute atomic E-state index is 11.4. The van der Waals surface area contributed by atoms with E-state index in [1.165, 1.54) is 0 Å². The summed E-state index contributed by atoms with van der Waals surface area (Å²) < 4.78 is 0. The first-order chi connectivity index (χ1) is 10.1. The van der Waals surface area contributed by atoms with Gasteiger partial charge >= 0.3 is 0 Å². The van der Waals surface area contributed by atoms with E-state index < -0.39 is 0 Å². The van der Waals surface area contributed by atoms with Gasteiger partial charge in [-0.1, -0.05) is 36.2 Å². The zero-order valence-electron chi connectivity index (χ0n) is 11.4. The first-order valence-electron chi connectivity index (χ1n) is 6.44. The summed E-state index contributed by atoms with van der Waals surface area (Å²) in [6, 6.07) is 8.56. The highest BCUT2D eigenvalue weighted by atomic mass is 35.5. The number of hydrogen-bond donors (Lipinski definition) is 2. The molecule has 2 N–H and O–H groups in total. The number of anilines is 3. The number of nitrogens with one attached hydrogen (secondary N) is 2. The minimum Gasteiger partial charge on any atom is -0.336 e. The van der Waals surface area contributed by atoms with Crippen LogP contribution in [0.15, 0.2) is 30.3 Å². The molecule has 0 saturated carbocycles. The lowest BCUT2D eigenvalue weighted by molar-refractivity contribution is -0.116. The van der Waals surface area contributed by atoms with Crippen LogP contribution in [-0.4, -0.2) is 16.1 Å². The molecule has 0 aliphatic rings. The maximum atomic E-state index is 11.4. The fourth-order valence-electron chi connectivity index (χ4n) is 1.64. The van der Waals surface area contributed by atoms with Gasteiger partial charge in [-0.2, -0.15) is 0 Å². The van der Waals surface area contributed by atoms with Crippen molar-refractivity contribution in [2.24, 2.45) is 0 Å². The van der Waals surface area contributed by atoms with Crippen LogP contribution in [0.25, 0.3) is 0 Å². The minimum atomic E-state index is -0.0818. The molecule has 0 saturated heterocycles. The van der Waals surface area contributed by atoms with Crippen LogP contribution in [0, 0.1) is 0 Å². The van der Waals surface area contributed by atoms with E-state index in [0.717, 1.165) is 6.42 Å². The van der Waals surface area contributed by atoms with Gasteiger partial charge in [0.2, 0.25) is 5.91 Å². The average molecular weight is 325 g/mol. The molecule has 0 bridgehead atoms. The van der Waals surface area contributed by atoms with Gasteiger partial charge in [0, 0.05) is 6.42 Å². The van der Waals surface area contributed by atoms with E-state index in [-0.39, 0.29) is 5.91 Å². The Morgan fingerprint density at radius 3 is 2.29 bits per heavy atom. The number of benzene rings is 1. The summed E-state index contributed by atoms with van der Waals surface area (Å²) in [5.74, 6) is 0.810. The summed E-state index contributed by atoms with van der Waals surface area (Å²) >= 11 is 12.1. The Labute approximate surface area is 132 Å². The Morgan fingerprint density at radius 2 is 1.71 bits per heavy atom. The van der Waals surface area contributed by atoms with Gasteiger partial charge < -0.3 is 10.6 Å². The van der Waals surface area contributed by atoms with E-state index in [1.807, 2.05) is 6.92 Å². The molecule has 21 heavy (non-hydrogen) atoms. The van der Waals surface area contributed by atoms with Crippen molar-refractivity contribution in [3.63, 3.8) is 0 Å². The number of aromatic nitrogens is 2. The number of carbonyl (C=O) groups excluding carboxylic acids is 1. The molecule has 0 unspecified atom stereocenters. The van der Waals surface area contributed by atoms with E-state index in [2.05, 4.69) is 20.8 Å². The zero-order valence-corrected chi connectivity index (χ0v) is 12.9. The topological polar surface area (TPSA) is 66.9 Å². The minimum absolute atomic E-state index is 0.0818. The largest absolute Gasteiger partial charge is 0.336 e. The third-order valence-corrected chi connectivity index (χ3v) is 3.25. The van der Waals surface area contributed by atoms with Crippen LogP contribution < -0.4 is 10.6 Å². The van der Waals surface area contributed by atoms with Gasteiger partial charge in [0.05, 0.1) is 15.7 Å². The standard InChI is InChI=1S/C14H14Cl2N4O/c1-2-4-13(21)17-11-7-8-12(20-19-11)18-14-9(15)5-3-6-10(14)16/h3,5-8H,2,4H2,1H3,(H,18,20)(H,17,19,21). The third-order valence-electron chi connectivity index (χ3n) is 2.62. The fraction of sp³-hybridized carbons (Fsp3) is 0.214. The molecule has 5 nitrogen and oxygen atoms in total. The van der Waals surface area contributed by atoms with Crippen LogP contribution >= 0.6 is 23.2 Å². The van der Waals surface area contributed by atoms with Gasteiger partial charge in [0.1, 0.15) is 0 Å². The molecule has 7 heteroatoms. The number of carbonyl (C=O) groups is 1. The molecule has 0 radical (unpaired) electrons. The molecule has 0 spiro atoms. The Hall–Kier alpha value is -1.85. The van der Waals surface area contributed by atoms with Crippen LogP contribution in [-0.2, 0) is 4.79 Å². The summed E-state index contributed by atoms with van der Waals surface area (Å²) in [5, 5.41) is 14.5. The monoisotopic (exact) mass is 324 g/mol. The first-order valence-corrected chi connectivity index (χ1v) is 7.20. The molecule has 0 atom stereocenters. The lowest BCUT2D eigenvalue weighted by Gasteiger charge is -2.09. The fourth-order valence-corrected chi connectivity index (χ4v) is 2.14. The lowest BCUT2D eigenvalue weighted by atomic mass is 10.3. The predicted octanol–water partition coefficient (Wildman–Crippen LogP) is 4.27. The molecule has 0 fully saturated rings. The molecule has 0 aliphatic carbocycles. The van der Waals surface area contributed by atoms with Crippen molar-refractivity contribution in [2.45, 2.75) is 19.8 Å². The van der Waals surface area contributed by atoms with Crippen LogP contribution in [0.3, 0.4) is 0 Å². The zero-order chi connectivity index (χ0) is 15.2. The first kappa shape index (κ1) is 15.5. The highest BCUT2D eigenvalue weighted by Gasteiger charge is 2.07. The van der Waals surface area contributed by atoms with E-state index >= 15 is 0 Å². The van der Waals surface area contributed by atoms with Crippen molar-refractivity contribution in [1.82, 2.24) is 10.2 Å². The number of amides is 1. The Bertz CT molecular complexity index is 611. The van der Waals surface area contributed by atoms with Gasteiger partial charge in [-0.3, -0.25) is 4.79 Å². The summed E-state index contributed by atoms with van der Waals surface area (Å²) in [6.07, 6.45) is 1.24. The molecule has 0 aliphatic heterocycles. The molecule has 1 amide bonds. The average Bonchev–Trinajstić information content (AvgIpc) is 2.45. The number of nitrogens with zero attached hydrogens (tertiary/aromatic N) is 2. The molecule has 2 aromatic rings. The second-order valence-corrected chi connectivity index (χ2v) is 5.14. The van der Waals surface area contributed by atoms with Gasteiger partial charge in [-0.05, 0) is 30.7 Å². The third kappa shape index (κ3) is 4.31. The maximum Gasteiger partial charge on any atom is 0.225 e. The second-order valence-electron chi connectivity index (χ2n) is 4.32. The summed E-state index contributed by atoms with van der Waals surface area (Å²) in [6.45, 7) is 1.94. The Kier molecular flexibility index (Phi) is 5.36. The van der Waals surface area contributed by atoms with Crippen LogP contribution in [0.1, 0.15) is 19.8 Å². The van der Waals surface area contributed by atoms with Crippen LogP contribution in [0.5, 0.6) is 0 Å². The Balaban J connectivity index is 2.07. The van der Waals surface area contributed by atoms with E-state index in [1.54, 1.807) is 30.3 Å². The number of halogens is 2. The van der Waals surface area contributed by atoms with Crippen molar-refractivity contribution >= 4 is 46.4 Å². The molecule has 2 rings (SSSR count).